The van der Waals surface area contributed by atoms with Gasteiger partial charge in [-0.15, -0.1) is 11.3 Å². The van der Waals surface area contributed by atoms with Crippen molar-refractivity contribution in [3.63, 3.8) is 0 Å². The van der Waals surface area contributed by atoms with E-state index >= 15 is 0 Å². The van der Waals surface area contributed by atoms with Crippen molar-refractivity contribution >= 4 is 38.9 Å². The van der Waals surface area contributed by atoms with Crippen LogP contribution in [0.3, 0.4) is 0 Å². The van der Waals surface area contributed by atoms with E-state index in [1.165, 1.54) is 23.6 Å². The topological polar surface area (TPSA) is 76.1 Å². The number of rotatable bonds is 5. The van der Waals surface area contributed by atoms with Crippen LogP contribution in [-0.2, 0) is 15.8 Å². The second-order valence-electron chi connectivity index (χ2n) is 5.04. The SMILES string of the molecule is CC(C)c1ccsc1C(=O)NS(=O)(=O)Cc1ccc(Cl)nc1. The number of hydrogen-bond donors (Lipinski definition) is 1. The second kappa shape index (κ2) is 6.76. The smallest absolute Gasteiger partial charge is 0.267 e. The fourth-order valence-corrected chi connectivity index (χ4v) is 4.08. The lowest BCUT2D eigenvalue weighted by Crippen LogP contribution is -2.31. The first-order valence-corrected chi connectivity index (χ1v) is 9.42. The number of aromatic nitrogens is 1. The van der Waals surface area contributed by atoms with E-state index in [-0.39, 0.29) is 16.8 Å². The molecule has 5 nitrogen and oxygen atoms in total. The summed E-state index contributed by atoms with van der Waals surface area (Å²) in [4.78, 5) is 16.4. The molecule has 0 fully saturated rings. The lowest BCUT2D eigenvalue weighted by molar-refractivity contribution is 0.0984. The molecule has 0 aliphatic rings. The zero-order chi connectivity index (χ0) is 16.3. The van der Waals surface area contributed by atoms with Gasteiger partial charge in [-0.05, 0) is 34.6 Å². The highest BCUT2D eigenvalue weighted by Gasteiger charge is 2.21. The van der Waals surface area contributed by atoms with Crippen molar-refractivity contribution in [1.29, 1.82) is 0 Å². The standard InChI is InChI=1S/C14H15ClN2O3S2/c1-9(2)11-5-6-21-13(11)14(18)17-22(19,20)8-10-3-4-12(15)16-7-10/h3-7,9H,8H2,1-2H3,(H,17,18). The molecule has 0 radical (unpaired) electrons. The second-order valence-corrected chi connectivity index (χ2v) is 8.06. The molecular formula is C14H15ClN2O3S2. The van der Waals surface area contributed by atoms with Crippen LogP contribution in [0.15, 0.2) is 29.8 Å². The van der Waals surface area contributed by atoms with E-state index in [0.29, 0.717) is 10.4 Å². The summed E-state index contributed by atoms with van der Waals surface area (Å²) in [7, 11) is -3.79. The molecule has 2 rings (SSSR count). The number of amides is 1. The summed E-state index contributed by atoms with van der Waals surface area (Å²) in [6.07, 6.45) is 1.37. The molecule has 0 saturated carbocycles. The van der Waals surface area contributed by atoms with Crippen molar-refractivity contribution in [2.75, 3.05) is 0 Å². The van der Waals surface area contributed by atoms with Crippen molar-refractivity contribution in [3.8, 4) is 0 Å². The molecule has 118 valence electrons. The number of sulfonamides is 1. The Morgan fingerprint density at radius 3 is 2.68 bits per heavy atom. The molecule has 8 heteroatoms. The van der Waals surface area contributed by atoms with E-state index < -0.39 is 15.9 Å². The fraction of sp³-hybridized carbons (Fsp3) is 0.286. The fourth-order valence-electron chi connectivity index (χ4n) is 1.89. The van der Waals surface area contributed by atoms with Gasteiger partial charge in [-0.1, -0.05) is 31.5 Å². The van der Waals surface area contributed by atoms with Gasteiger partial charge in [0.05, 0.1) is 10.6 Å². The van der Waals surface area contributed by atoms with Gasteiger partial charge in [0, 0.05) is 6.20 Å². The van der Waals surface area contributed by atoms with Crippen LogP contribution in [0.4, 0.5) is 0 Å². The Morgan fingerprint density at radius 1 is 1.36 bits per heavy atom. The highest BCUT2D eigenvalue weighted by atomic mass is 35.5. The molecule has 1 N–H and O–H groups in total. The van der Waals surface area contributed by atoms with E-state index in [9.17, 15) is 13.2 Å². The van der Waals surface area contributed by atoms with Gasteiger partial charge in [0.25, 0.3) is 5.91 Å². The number of thiophene rings is 1. The third-order valence-electron chi connectivity index (χ3n) is 2.92. The maximum Gasteiger partial charge on any atom is 0.275 e. The monoisotopic (exact) mass is 358 g/mol. The summed E-state index contributed by atoms with van der Waals surface area (Å²) in [6, 6.07) is 4.90. The van der Waals surface area contributed by atoms with E-state index in [1.54, 1.807) is 11.4 Å². The molecule has 0 atom stereocenters. The molecular weight excluding hydrogens is 344 g/mol. The van der Waals surface area contributed by atoms with Crippen LogP contribution in [-0.4, -0.2) is 19.3 Å². The molecule has 2 aromatic heterocycles. The van der Waals surface area contributed by atoms with Gasteiger partial charge in [0.15, 0.2) is 0 Å². The number of pyridine rings is 1. The summed E-state index contributed by atoms with van der Waals surface area (Å²) in [6.45, 7) is 3.90. The van der Waals surface area contributed by atoms with Crippen molar-refractivity contribution in [2.24, 2.45) is 0 Å². The van der Waals surface area contributed by atoms with Gasteiger partial charge in [-0.2, -0.15) is 0 Å². The van der Waals surface area contributed by atoms with E-state index in [4.69, 9.17) is 11.6 Å². The van der Waals surface area contributed by atoms with Gasteiger partial charge in [-0.25, -0.2) is 18.1 Å². The minimum atomic E-state index is -3.79. The van der Waals surface area contributed by atoms with Crippen LogP contribution in [0.1, 0.15) is 40.6 Å². The molecule has 22 heavy (non-hydrogen) atoms. The summed E-state index contributed by atoms with van der Waals surface area (Å²) >= 11 is 6.88. The quantitative estimate of drug-likeness (QED) is 0.833. The van der Waals surface area contributed by atoms with Crippen molar-refractivity contribution in [2.45, 2.75) is 25.5 Å². The number of halogens is 1. The molecule has 2 aromatic rings. The lowest BCUT2D eigenvalue weighted by atomic mass is 10.0. The van der Waals surface area contributed by atoms with Crippen LogP contribution >= 0.6 is 22.9 Å². The third-order valence-corrected chi connectivity index (χ3v) is 5.28. The molecule has 0 aromatic carbocycles. The maximum atomic E-state index is 12.2. The Labute approximate surface area is 138 Å². The first-order chi connectivity index (χ1) is 10.3. The first kappa shape index (κ1) is 16.9. The zero-order valence-electron chi connectivity index (χ0n) is 12.0. The molecule has 0 spiro atoms. The van der Waals surface area contributed by atoms with E-state index in [1.807, 2.05) is 19.9 Å². The average molecular weight is 359 g/mol. The summed E-state index contributed by atoms with van der Waals surface area (Å²) in [5.74, 6) is -0.776. The highest BCUT2D eigenvalue weighted by molar-refractivity contribution is 7.89. The van der Waals surface area contributed by atoms with Crippen LogP contribution < -0.4 is 4.72 Å². The molecule has 0 saturated heterocycles. The van der Waals surface area contributed by atoms with Crippen LogP contribution in [0.2, 0.25) is 5.15 Å². The normalized spacial score (nSPS) is 11.6. The molecule has 2 heterocycles. The van der Waals surface area contributed by atoms with Crippen LogP contribution in [0.5, 0.6) is 0 Å². The first-order valence-electron chi connectivity index (χ1n) is 6.51. The minimum absolute atomic E-state index is 0.148. The van der Waals surface area contributed by atoms with Gasteiger partial charge in [0.2, 0.25) is 10.0 Å². The Bertz CT molecular complexity index is 768. The lowest BCUT2D eigenvalue weighted by Gasteiger charge is -2.09. The third kappa shape index (κ3) is 4.28. The molecule has 0 aliphatic heterocycles. The summed E-state index contributed by atoms with van der Waals surface area (Å²) in [5, 5.41) is 2.06. The van der Waals surface area contributed by atoms with E-state index in [0.717, 1.165) is 5.56 Å². The van der Waals surface area contributed by atoms with Gasteiger partial charge in [0.1, 0.15) is 5.15 Å². The highest BCUT2D eigenvalue weighted by Crippen LogP contribution is 2.24. The molecule has 0 bridgehead atoms. The zero-order valence-corrected chi connectivity index (χ0v) is 14.4. The number of nitrogens with one attached hydrogen (secondary N) is 1. The molecule has 0 unspecified atom stereocenters. The van der Waals surface area contributed by atoms with Gasteiger partial charge < -0.3 is 0 Å². The van der Waals surface area contributed by atoms with Crippen molar-refractivity contribution in [3.05, 3.63) is 50.9 Å². The predicted octanol–water partition coefficient (Wildman–Crippen LogP) is 3.18. The number of hydrogen-bond acceptors (Lipinski definition) is 5. The Balaban J connectivity index is 2.12. The van der Waals surface area contributed by atoms with Gasteiger partial charge >= 0.3 is 0 Å². The Kier molecular flexibility index (Phi) is 5.20. The molecule has 0 aliphatic carbocycles. The van der Waals surface area contributed by atoms with Crippen molar-refractivity contribution in [1.82, 2.24) is 9.71 Å². The van der Waals surface area contributed by atoms with Gasteiger partial charge in [-0.3, -0.25) is 4.79 Å². The summed E-state index contributed by atoms with van der Waals surface area (Å²) in [5.41, 5.74) is 1.30. The average Bonchev–Trinajstić information content (AvgIpc) is 2.90. The maximum absolute atomic E-state index is 12.2. The summed E-state index contributed by atoms with van der Waals surface area (Å²) < 4.78 is 26.3. The number of carbonyl (C=O) groups is 1. The number of nitrogens with zero attached hydrogens (tertiary/aromatic N) is 1. The minimum Gasteiger partial charge on any atom is -0.267 e. The van der Waals surface area contributed by atoms with Crippen molar-refractivity contribution < 1.29 is 13.2 Å². The van der Waals surface area contributed by atoms with Crippen LogP contribution in [0.25, 0.3) is 0 Å². The Morgan fingerprint density at radius 2 is 2.09 bits per heavy atom. The van der Waals surface area contributed by atoms with Crippen LogP contribution in [0, 0.1) is 0 Å². The Hall–Kier alpha value is -1.44. The largest absolute Gasteiger partial charge is 0.275 e. The number of carbonyl (C=O) groups excluding carboxylic acids is 1. The molecule has 1 amide bonds. The van der Waals surface area contributed by atoms with E-state index in [2.05, 4.69) is 9.71 Å². The predicted molar refractivity (Wildman–Crippen MR) is 87.7 cm³/mol.